The van der Waals surface area contributed by atoms with E-state index in [9.17, 15) is 9.59 Å². The van der Waals surface area contributed by atoms with Gasteiger partial charge < -0.3 is 5.11 Å². The second kappa shape index (κ2) is 5.42. The minimum absolute atomic E-state index is 0.0504. The molecule has 1 aromatic carbocycles. The van der Waals surface area contributed by atoms with Gasteiger partial charge >= 0.3 is 5.97 Å². The van der Waals surface area contributed by atoms with Crippen molar-refractivity contribution >= 4 is 11.8 Å². The minimum Gasteiger partial charge on any atom is -0.480 e. The number of hydrogen-bond donors (Lipinski definition) is 2. The van der Waals surface area contributed by atoms with Crippen LogP contribution in [-0.2, 0) is 4.79 Å². The van der Waals surface area contributed by atoms with Crippen LogP contribution in [0, 0.1) is 13.8 Å². The van der Waals surface area contributed by atoms with Crippen LogP contribution in [-0.4, -0.2) is 29.9 Å². The van der Waals surface area contributed by atoms with Gasteiger partial charge in [-0.05, 0) is 31.0 Å². The number of hydrogen-bond acceptors (Lipinski definition) is 3. The van der Waals surface area contributed by atoms with Crippen molar-refractivity contribution < 1.29 is 14.7 Å². The highest BCUT2D eigenvalue weighted by molar-refractivity contribution is 5.98. The Morgan fingerprint density at radius 2 is 1.88 bits per heavy atom. The predicted molar refractivity (Wildman–Crippen MR) is 60.8 cm³/mol. The van der Waals surface area contributed by atoms with Crippen molar-refractivity contribution in [1.82, 2.24) is 5.32 Å². The first-order chi connectivity index (χ1) is 7.50. The summed E-state index contributed by atoms with van der Waals surface area (Å²) in [5, 5.41) is 11.0. The highest BCUT2D eigenvalue weighted by Gasteiger charge is 2.07. The van der Waals surface area contributed by atoms with Crippen molar-refractivity contribution in [3.8, 4) is 0 Å². The third-order valence-electron chi connectivity index (χ3n) is 2.39. The largest absolute Gasteiger partial charge is 0.480 e. The highest BCUT2D eigenvalue weighted by Crippen LogP contribution is 2.09. The van der Waals surface area contributed by atoms with Crippen LogP contribution in [0.1, 0.15) is 21.5 Å². The SMILES string of the molecule is Cc1ccc(C(=O)CNCC(=O)O)cc1C. The van der Waals surface area contributed by atoms with E-state index in [2.05, 4.69) is 5.32 Å². The first-order valence-corrected chi connectivity index (χ1v) is 5.03. The number of nitrogens with one attached hydrogen (secondary N) is 1. The van der Waals surface area contributed by atoms with E-state index >= 15 is 0 Å². The number of Topliss-reactive ketones (excluding diaryl/α,β-unsaturated/α-hetero) is 1. The fraction of sp³-hybridized carbons (Fsp3) is 0.333. The molecule has 0 radical (unpaired) electrons. The molecule has 0 atom stereocenters. The lowest BCUT2D eigenvalue weighted by Crippen LogP contribution is -2.28. The van der Waals surface area contributed by atoms with Crippen molar-refractivity contribution in [3.63, 3.8) is 0 Å². The topological polar surface area (TPSA) is 66.4 Å². The van der Waals surface area contributed by atoms with E-state index in [0.29, 0.717) is 5.56 Å². The Balaban J connectivity index is 2.59. The molecule has 4 heteroatoms. The third kappa shape index (κ3) is 3.47. The maximum Gasteiger partial charge on any atom is 0.317 e. The van der Waals surface area contributed by atoms with Gasteiger partial charge in [0.2, 0.25) is 0 Å². The first kappa shape index (κ1) is 12.4. The zero-order chi connectivity index (χ0) is 12.1. The van der Waals surface area contributed by atoms with E-state index in [-0.39, 0.29) is 18.9 Å². The maximum atomic E-state index is 11.6. The number of carbonyl (C=O) groups excluding carboxylic acids is 1. The molecule has 0 aliphatic heterocycles. The number of ketones is 1. The molecule has 1 aromatic rings. The zero-order valence-corrected chi connectivity index (χ0v) is 9.41. The summed E-state index contributed by atoms with van der Waals surface area (Å²) in [6, 6.07) is 5.47. The minimum atomic E-state index is -0.965. The van der Waals surface area contributed by atoms with Crippen molar-refractivity contribution in [2.24, 2.45) is 0 Å². The summed E-state index contributed by atoms with van der Waals surface area (Å²) in [5.41, 5.74) is 2.81. The van der Waals surface area contributed by atoms with Gasteiger partial charge in [0.05, 0.1) is 13.1 Å². The molecule has 4 nitrogen and oxygen atoms in total. The van der Waals surface area contributed by atoms with Crippen LogP contribution in [0.3, 0.4) is 0 Å². The predicted octanol–water partition coefficient (Wildman–Crippen LogP) is 1.16. The third-order valence-corrected chi connectivity index (χ3v) is 2.39. The quantitative estimate of drug-likeness (QED) is 0.732. The summed E-state index contributed by atoms with van der Waals surface area (Å²) in [6.07, 6.45) is 0. The highest BCUT2D eigenvalue weighted by atomic mass is 16.4. The number of carboxylic acid groups (broad SMARTS) is 1. The molecular weight excluding hydrogens is 206 g/mol. The second-order valence-electron chi connectivity index (χ2n) is 3.72. The van der Waals surface area contributed by atoms with E-state index in [1.807, 2.05) is 26.0 Å². The Morgan fingerprint density at radius 3 is 2.44 bits per heavy atom. The molecule has 1 rings (SSSR count). The normalized spacial score (nSPS) is 10.1. The number of carboxylic acids is 1. The molecule has 0 spiro atoms. The second-order valence-corrected chi connectivity index (χ2v) is 3.72. The van der Waals surface area contributed by atoms with E-state index in [1.165, 1.54) is 0 Å². The lowest BCUT2D eigenvalue weighted by Gasteiger charge is -2.04. The summed E-state index contributed by atoms with van der Waals surface area (Å²) in [4.78, 5) is 21.9. The van der Waals surface area contributed by atoms with Gasteiger partial charge in [0.1, 0.15) is 0 Å². The Bertz CT molecular complexity index is 413. The fourth-order valence-electron chi connectivity index (χ4n) is 1.30. The summed E-state index contributed by atoms with van der Waals surface area (Å²) in [7, 11) is 0. The number of aliphatic carboxylic acids is 1. The van der Waals surface area contributed by atoms with Crippen molar-refractivity contribution in [2.75, 3.05) is 13.1 Å². The molecule has 0 unspecified atom stereocenters. The van der Waals surface area contributed by atoms with E-state index in [1.54, 1.807) is 6.07 Å². The molecule has 0 fully saturated rings. The standard InChI is InChI=1S/C12H15NO3/c1-8-3-4-10(5-9(8)2)11(14)6-13-7-12(15)16/h3-5,13H,6-7H2,1-2H3,(H,15,16). The molecule has 0 heterocycles. The van der Waals surface area contributed by atoms with Crippen molar-refractivity contribution in [2.45, 2.75) is 13.8 Å². The fourth-order valence-corrected chi connectivity index (χ4v) is 1.30. The van der Waals surface area contributed by atoms with Gasteiger partial charge in [0, 0.05) is 5.56 Å². The number of aryl methyl sites for hydroxylation is 2. The van der Waals surface area contributed by atoms with E-state index in [4.69, 9.17) is 5.11 Å². The van der Waals surface area contributed by atoms with Crippen LogP contribution in [0.2, 0.25) is 0 Å². The van der Waals surface area contributed by atoms with E-state index in [0.717, 1.165) is 11.1 Å². The molecular formula is C12H15NO3. The molecule has 0 aromatic heterocycles. The molecule has 0 aliphatic carbocycles. The molecule has 2 N–H and O–H groups in total. The van der Waals surface area contributed by atoms with Gasteiger partial charge in [-0.25, -0.2) is 0 Å². The van der Waals surface area contributed by atoms with Crippen molar-refractivity contribution in [1.29, 1.82) is 0 Å². The Labute approximate surface area is 94.3 Å². The summed E-state index contributed by atoms with van der Waals surface area (Å²) in [6.45, 7) is 3.77. The van der Waals surface area contributed by atoms with Crippen LogP contribution in [0.5, 0.6) is 0 Å². The maximum absolute atomic E-state index is 11.6. The van der Waals surface area contributed by atoms with Crippen LogP contribution >= 0.6 is 0 Å². The Kier molecular flexibility index (Phi) is 4.19. The zero-order valence-electron chi connectivity index (χ0n) is 9.41. The van der Waals surface area contributed by atoms with Crippen LogP contribution in [0.25, 0.3) is 0 Å². The van der Waals surface area contributed by atoms with Gasteiger partial charge in [0.15, 0.2) is 5.78 Å². The molecule has 16 heavy (non-hydrogen) atoms. The monoisotopic (exact) mass is 221 g/mol. The molecule has 0 aliphatic rings. The summed E-state index contributed by atoms with van der Waals surface area (Å²) in [5.74, 6) is -1.06. The average Bonchev–Trinajstić information content (AvgIpc) is 2.21. The number of carbonyl (C=O) groups is 2. The first-order valence-electron chi connectivity index (χ1n) is 5.03. The lowest BCUT2D eigenvalue weighted by atomic mass is 10.0. The molecule has 86 valence electrons. The smallest absolute Gasteiger partial charge is 0.317 e. The summed E-state index contributed by atoms with van der Waals surface area (Å²) < 4.78 is 0. The molecule has 0 saturated heterocycles. The number of rotatable bonds is 5. The average molecular weight is 221 g/mol. The van der Waals surface area contributed by atoms with Gasteiger partial charge in [-0.2, -0.15) is 0 Å². The van der Waals surface area contributed by atoms with Crippen LogP contribution in [0.15, 0.2) is 18.2 Å². The summed E-state index contributed by atoms with van der Waals surface area (Å²) >= 11 is 0. The molecule has 0 saturated carbocycles. The Hall–Kier alpha value is -1.68. The van der Waals surface area contributed by atoms with Crippen LogP contribution < -0.4 is 5.32 Å². The van der Waals surface area contributed by atoms with Gasteiger partial charge in [-0.3, -0.25) is 14.9 Å². The van der Waals surface area contributed by atoms with Crippen molar-refractivity contribution in [3.05, 3.63) is 34.9 Å². The molecule has 0 amide bonds. The molecule has 0 bridgehead atoms. The van der Waals surface area contributed by atoms with Gasteiger partial charge in [-0.1, -0.05) is 12.1 Å². The lowest BCUT2D eigenvalue weighted by molar-refractivity contribution is -0.135. The Morgan fingerprint density at radius 1 is 1.19 bits per heavy atom. The van der Waals surface area contributed by atoms with Crippen LogP contribution in [0.4, 0.5) is 0 Å². The van der Waals surface area contributed by atoms with Gasteiger partial charge in [-0.15, -0.1) is 0 Å². The van der Waals surface area contributed by atoms with E-state index < -0.39 is 5.97 Å². The van der Waals surface area contributed by atoms with Gasteiger partial charge in [0.25, 0.3) is 0 Å². The number of benzene rings is 1.